The van der Waals surface area contributed by atoms with Gasteiger partial charge in [-0.05, 0) is 82.2 Å². The van der Waals surface area contributed by atoms with Crippen LogP contribution in [0, 0.1) is 24.6 Å². The summed E-state index contributed by atoms with van der Waals surface area (Å²) in [4.78, 5) is 25.4. The Morgan fingerprint density at radius 2 is 1.91 bits per heavy atom. The van der Waals surface area contributed by atoms with Crippen LogP contribution in [-0.4, -0.2) is 81.6 Å². The van der Waals surface area contributed by atoms with Gasteiger partial charge in [0.05, 0.1) is 23.4 Å². The van der Waals surface area contributed by atoms with Gasteiger partial charge in [0.1, 0.15) is 0 Å². The number of hydrogen-bond acceptors (Lipinski definition) is 12. The minimum atomic E-state index is -1.15. The van der Waals surface area contributed by atoms with Crippen LogP contribution in [0.2, 0.25) is 0 Å². The smallest absolute Gasteiger partial charge is 0.355 e. The number of thiazole rings is 2. The van der Waals surface area contributed by atoms with Crippen LogP contribution < -0.4 is 15.0 Å². The summed E-state index contributed by atoms with van der Waals surface area (Å²) >= 11 is 2.74. The summed E-state index contributed by atoms with van der Waals surface area (Å²) < 4.78 is 21.3. The fourth-order valence-electron chi connectivity index (χ4n) is 4.49. The van der Waals surface area contributed by atoms with Crippen molar-refractivity contribution in [3.05, 3.63) is 76.0 Å². The Kier molecular flexibility index (Phi) is 11.3. The van der Waals surface area contributed by atoms with E-state index >= 15 is 0 Å². The number of benzene rings is 2. The van der Waals surface area contributed by atoms with Crippen LogP contribution in [0.15, 0.2) is 48.5 Å². The number of fused-ring (bicyclic) bond motifs is 1. The molecule has 3 heterocycles. The van der Waals surface area contributed by atoms with Gasteiger partial charge >= 0.3 is 5.97 Å². The molecule has 0 bridgehead atoms. The van der Waals surface area contributed by atoms with E-state index in [0.717, 1.165) is 15.8 Å². The van der Waals surface area contributed by atoms with Crippen molar-refractivity contribution in [2.75, 3.05) is 50.6 Å². The molecule has 0 aliphatic carbocycles. The number of hydrogen-bond donors (Lipinski definition) is 3. The van der Waals surface area contributed by atoms with E-state index in [0.29, 0.717) is 64.7 Å². The molecule has 0 fully saturated rings. The number of aryl methyl sites for hydroxylation is 2. The van der Waals surface area contributed by atoms with Crippen molar-refractivity contribution in [1.82, 2.24) is 25.1 Å². The van der Waals surface area contributed by atoms with E-state index in [1.54, 1.807) is 17.0 Å². The molecule has 0 aliphatic heterocycles. The van der Waals surface area contributed by atoms with E-state index in [4.69, 9.17) is 4.74 Å². The van der Waals surface area contributed by atoms with Crippen LogP contribution in [0.4, 0.5) is 26.3 Å². The average Bonchev–Trinajstić information content (AvgIpc) is 3.65. The molecule has 0 aliphatic rings. The quantitative estimate of drug-likeness (QED) is 0.0962. The number of halogens is 1. The second kappa shape index (κ2) is 15.7. The molecule has 0 spiro atoms. The van der Waals surface area contributed by atoms with E-state index in [1.807, 2.05) is 56.3 Å². The van der Waals surface area contributed by atoms with Crippen molar-refractivity contribution in [2.45, 2.75) is 26.2 Å². The number of anilines is 4. The lowest BCUT2D eigenvalue weighted by molar-refractivity contribution is 0.0690. The number of aromatic carboxylic acids is 1. The Labute approximate surface area is 279 Å². The number of ether oxygens (including phenoxy) is 1. The summed E-state index contributed by atoms with van der Waals surface area (Å²) in [6.07, 6.45) is 1.20. The number of carboxylic acid groups (broad SMARTS) is 1. The standard InChI is InChI=1S/C33H34FN7O4S2/c1-21-19-28(38-39-30(21)37-32-35-24-10-4-5-11-26(24)46-32)41(16-8-17-42)33-36-29(31(43)44)27(47-33)12-7-18-45-25-14-13-22(20-23(25)34)9-6-15-40(2)3/h4-5,10-11,13-14,19-20,42H,7-8,12,15-18H2,1-3H3,(H,43,44)(H,35,37,39). The summed E-state index contributed by atoms with van der Waals surface area (Å²) in [6, 6.07) is 14.3. The summed E-state index contributed by atoms with van der Waals surface area (Å²) in [5, 5.41) is 32.6. The number of aromatic nitrogens is 4. The molecule has 5 aromatic rings. The maximum Gasteiger partial charge on any atom is 0.355 e. The molecule has 244 valence electrons. The molecule has 0 saturated heterocycles. The van der Waals surface area contributed by atoms with Crippen molar-refractivity contribution in [1.29, 1.82) is 0 Å². The number of carbonyl (C=O) groups is 1. The highest BCUT2D eigenvalue weighted by molar-refractivity contribution is 7.22. The second-order valence-electron chi connectivity index (χ2n) is 10.8. The van der Waals surface area contributed by atoms with E-state index in [1.165, 1.54) is 28.7 Å². The molecule has 5 rings (SSSR count). The second-order valence-corrected chi connectivity index (χ2v) is 12.9. The number of para-hydroxylation sites is 1. The molecule has 47 heavy (non-hydrogen) atoms. The van der Waals surface area contributed by atoms with Gasteiger partial charge in [0, 0.05) is 23.6 Å². The lowest BCUT2D eigenvalue weighted by Crippen LogP contribution is -2.21. The van der Waals surface area contributed by atoms with Crippen LogP contribution in [0.3, 0.4) is 0 Å². The third kappa shape index (κ3) is 8.78. The van der Waals surface area contributed by atoms with Crippen molar-refractivity contribution < 1.29 is 24.1 Å². The lowest BCUT2D eigenvalue weighted by atomic mass is 10.2. The van der Waals surface area contributed by atoms with Crippen molar-refractivity contribution in [3.8, 4) is 17.6 Å². The van der Waals surface area contributed by atoms with E-state index in [9.17, 15) is 19.4 Å². The van der Waals surface area contributed by atoms with E-state index in [-0.39, 0.29) is 24.7 Å². The Morgan fingerprint density at radius 3 is 2.64 bits per heavy atom. The minimum Gasteiger partial charge on any atom is -0.491 e. The summed E-state index contributed by atoms with van der Waals surface area (Å²) in [5.41, 5.74) is 2.19. The number of rotatable bonds is 14. The maximum atomic E-state index is 14.6. The van der Waals surface area contributed by atoms with E-state index in [2.05, 4.69) is 37.3 Å². The first kappa shape index (κ1) is 33.7. The third-order valence-electron chi connectivity index (χ3n) is 6.79. The highest BCUT2D eigenvalue weighted by Gasteiger charge is 2.23. The van der Waals surface area contributed by atoms with Gasteiger partial charge in [0.2, 0.25) is 0 Å². The number of aliphatic hydroxyl groups is 1. The Morgan fingerprint density at radius 1 is 1.09 bits per heavy atom. The van der Waals surface area contributed by atoms with Crippen molar-refractivity contribution >= 4 is 60.8 Å². The first-order chi connectivity index (χ1) is 22.7. The SMILES string of the molecule is Cc1cc(N(CCCO)c2nc(C(=O)O)c(CCCOc3ccc(C#CCN(C)C)cc3F)s2)nnc1Nc1nc2ccccc2s1. The van der Waals surface area contributed by atoms with Gasteiger partial charge in [-0.2, -0.15) is 0 Å². The largest absolute Gasteiger partial charge is 0.491 e. The predicted octanol–water partition coefficient (Wildman–Crippen LogP) is 5.88. The van der Waals surface area contributed by atoms with Crippen LogP contribution in [-0.2, 0) is 6.42 Å². The highest BCUT2D eigenvalue weighted by Crippen LogP contribution is 2.34. The molecule has 14 heteroatoms. The van der Waals surface area contributed by atoms with Gasteiger partial charge in [-0.1, -0.05) is 35.3 Å². The fourth-order valence-corrected chi connectivity index (χ4v) is 6.49. The highest BCUT2D eigenvalue weighted by atomic mass is 32.1. The normalized spacial score (nSPS) is 11.0. The molecule has 0 unspecified atom stereocenters. The average molecular weight is 676 g/mol. The molecule has 0 amide bonds. The molecule has 11 nitrogen and oxygen atoms in total. The molecule has 3 aromatic heterocycles. The van der Waals surface area contributed by atoms with Crippen molar-refractivity contribution in [2.24, 2.45) is 0 Å². The molecule has 0 saturated carbocycles. The van der Waals surface area contributed by atoms with Gasteiger partial charge in [0.15, 0.2) is 39.2 Å². The molecular weight excluding hydrogens is 642 g/mol. The first-order valence-electron chi connectivity index (χ1n) is 14.9. The number of carboxylic acids is 1. The van der Waals surface area contributed by atoms with Gasteiger partial charge in [-0.15, -0.1) is 21.5 Å². The zero-order valence-electron chi connectivity index (χ0n) is 26.2. The number of nitrogens with one attached hydrogen (secondary N) is 1. The van der Waals surface area contributed by atoms with Gasteiger partial charge in [-0.3, -0.25) is 4.90 Å². The first-order valence-corrected chi connectivity index (χ1v) is 16.5. The van der Waals surface area contributed by atoms with Crippen LogP contribution in [0.25, 0.3) is 10.2 Å². The monoisotopic (exact) mass is 675 g/mol. The molecule has 0 radical (unpaired) electrons. The van der Waals surface area contributed by atoms with Gasteiger partial charge < -0.3 is 25.2 Å². The Bertz CT molecular complexity index is 1890. The zero-order valence-corrected chi connectivity index (χ0v) is 27.8. The minimum absolute atomic E-state index is 0.0652. The molecule has 2 aromatic carbocycles. The summed E-state index contributed by atoms with van der Waals surface area (Å²) in [7, 11) is 3.82. The zero-order chi connectivity index (χ0) is 33.3. The molecule has 3 N–H and O–H groups in total. The molecular formula is C33H34FN7O4S2. The lowest BCUT2D eigenvalue weighted by Gasteiger charge is -2.20. The molecule has 0 atom stereocenters. The van der Waals surface area contributed by atoms with Crippen LogP contribution >= 0.6 is 22.7 Å². The van der Waals surface area contributed by atoms with Crippen LogP contribution in [0.1, 0.15) is 39.3 Å². The topological polar surface area (TPSA) is 137 Å². The number of aliphatic hydroxyl groups excluding tert-OH is 1. The fraction of sp³-hybridized carbons (Fsp3) is 0.303. The van der Waals surface area contributed by atoms with Crippen LogP contribution in [0.5, 0.6) is 5.75 Å². The maximum absolute atomic E-state index is 14.6. The van der Waals surface area contributed by atoms with Crippen molar-refractivity contribution in [3.63, 3.8) is 0 Å². The summed E-state index contributed by atoms with van der Waals surface area (Å²) in [6.45, 7) is 2.92. The van der Waals surface area contributed by atoms with Gasteiger partial charge in [-0.25, -0.2) is 19.2 Å². The third-order valence-corrected chi connectivity index (χ3v) is 8.88. The van der Waals surface area contributed by atoms with E-state index < -0.39 is 11.8 Å². The Balaban J connectivity index is 1.27. The number of nitrogens with zero attached hydrogens (tertiary/aromatic N) is 6. The Hall–Kier alpha value is -4.68. The predicted molar refractivity (Wildman–Crippen MR) is 183 cm³/mol. The summed E-state index contributed by atoms with van der Waals surface area (Å²) in [5.74, 6) is 5.36. The van der Waals surface area contributed by atoms with Gasteiger partial charge in [0.25, 0.3) is 0 Å².